The number of nitrogens with one attached hydrogen (secondary N) is 2. The van der Waals surface area contributed by atoms with Crippen molar-refractivity contribution in [2.75, 3.05) is 0 Å². The molecule has 0 aliphatic heterocycles. The summed E-state index contributed by atoms with van der Waals surface area (Å²) in [5.41, 5.74) is 4.80. The normalized spacial score (nSPS) is 13.0. The molecule has 37 heavy (non-hydrogen) atoms. The van der Waals surface area contributed by atoms with Gasteiger partial charge in [-0.25, -0.2) is 9.97 Å². The van der Waals surface area contributed by atoms with Gasteiger partial charge in [0.2, 0.25) is 0 Å². The molecule has 2 atom stereocenters. The van der Waals surface area contributed by atoms with E-state index >= 15 is 0 Å². The lowest BCUT2D eigenvalue weighted by Gasteiger charge is -2.25. The first-order valence-corrected chi connectivity index (χ1v) is 14.0. The van der Waals surface area contributed by atoms with Crippen LogP contribution in [0.25, 0.3) is 0 Å². The second-order valence-corrected chi connectivity index (χ2v) is 10.5. The topological polar surface area (TPSA) is 66.6 Å². The Labute approximate surface area is 230 Å². The monoisotopic (exact) mass is 538 g/mol. The highest BCUT2D eigenvalue weighted by Crippen LogP contribution is 2.22. The highest BCUT2D eigenvalue weighted by Gasteiger charge is 2.18. The van der Waals surface area contributed by atoms with Gasteiger partial charge in [-0.3, -0.25) is 0 Å². The minimum atomic E-state index is 0.184. The van der Waals surface area contributed by atoms with Gasteiger partial charge >= 0.3 is 0 Å². The molecule has 0 bridgehead atoms. The first kappa shape index (κ1) is 27.4. The molecule has 196 valence electrons. The Morgan fingerprint density at radius 3 is 1.41 bits per heavy atom. The molecule has 4 aromatic rings. The van der Waals surface area contributed by atoms with Crippen LogP contribution in [0.15, 0.2) is 73.6 Å². The van der Waals surface area contributed by atoms with Crippen LogP contribution < -0.4 is 0 Å². The van der Waals surface area contributed by atoms with Gasteiger partial charge in [0.05, 0.1) is 36.3 Å². The maximum absolute atomic E-state index is 6.84. The summed E-state index contributed by atoms with van der Waals surface area (Å²) >= 11 is 12.1. The van der Waals surface area contributed by atoms with Crippen molar-refractivity contribution >= 4 is 23.2 Å². The van der Waals surface area contributed by atoms with Gasteiger partial charge < -0.3 is 14.7 Å². The maximum Gasteiger partial charge on any atom is 0.0923 e. The Kier molecular flexibility index (Phi) is 11.1. The second-order valence-electron chi connectivity index (χ2n) is 9.62. The van der Waals surface area contributed by atoms with Gasteiger partial charge in [-0.05, 0) is 99.6 Å². The molecule has 4 rings (SSSR count). The van der Waals surface area contributed by atoms with Gasteiger partial charge in [0, 0.05) is 22.4 Å². The van der Waals surface area contributed by atoms with Crippen molar-refractivity contribution in [1.29, 1.82) is 0 Å². The zero-order valence-electron chi connectivity index (χ0n) is 21.2. The summed E-state index contributed by atoms with van der Waals surface area (Å²) in [4.78, 5) is 15.0. The van der Waals surface area contributed by atoms with Crippen LogP contribution in [0.5, 0.6) is 0 Å². The summed E-state index contributed by atoms with van der Waals surface area (Å²) in [6.07, 6.45) is 17.8. The molecule has 0 radical (unpaired) electrons. The molecule has 0 aliphatic rings. The number of benzene rings is 2. The largest absolute Gasteiger partial charge is 0.375 e. The minimum absolute atomic E-state index is 0.184. The summed E-state index contributed by atoms with van der Waals surface area (Å²) < 4.78 is 6.84. The average molecular weight is 540 g/mol. The average Bonchev–Trinajstić information content (AvgIpc) is 3.62. The molecule has 7 heteroatoms. The maximum atomic E-state index is 6.84. The first-order valence-electron chi connectivity index (χ1n) is 13.2. The summed E-state index contributed by atoms with van der Waals surface area (Å²) in [6.45, 7) is 0. The van der Waals surface area contributed by atoms with E-state index < -0.39 is 0 Å². The fourth-order valence-corrected chi connectivity index (χ4v) is 4.93. The Balaban J connectivity index is 1.35. The summed E-state index contributed by atoms with van der Waals surface area (Å²) in [7, 11) is 0. The molecule has 0 spiro atoms. The van der Waals surface area contributed by atoms with Crippen molar-refractivity contribution < 1.29 is 4.74 Å². The van der Waals surface area contributed by atoms with E-state index in [-0.39, 0.29) is 12.2 Å². The number of H-pyrrole nitrogens is 2. The van der Waals surface area contributed by atoms with Gasteiger partial charge in [0.15, 0.2) is 0 Å². The predicted molar refractivity (Wildman–Crippen MR) is 151 cm³/mol. The number of ether oxygens (including phenoxy) is 1. The Bertz CT molecular complexity index is 1040. The Morgan fingerprint density at radius 2 is 1.03 bits per heavy atom. The fraction of sp³-hybridized carbons (Fsp3) is 0.400. The van der Waals surface area contributed by atoms with Crippen LogP contribution in [0.3, 0.4) is 0 Å². The van der Waals surface area contributed by atoms with Gasteiger partial charge in [0.25, 0.3) is 0 Å². The third-order valence-corrected chi connectivity index (χ3v) is 7.25. The molecule has 5 nitrogen and oxygen atoms in total. The van der Waals surface area contributed by atoms with E-state index in [4.69, 9.17) is 27.9 Å². The number of nitrogens with zero attached hydrogens (tertiary/aromatic N) is 2. The van der Waals surface area contributed by atoms with E-state index in [1.165, 1.54) is 11.1 Å². The van der Waals surface area contributed by atoms with Crippen molar-refractivity contribution in [2.45, 2.75) is 76.4 Å². The molecule has 0 saturated carbocycles. The van der Waals surface area contributed by atoms with E-state index in [9.17, 15) is 0 Å². The molecule has 0 fully saturated rings. The van der Waals surface area contributed by atoms with Gasteiger partial charge in [-0.15, -0.1) is 0 Å². The van der Waals surface area contributed by atoms with Gasteiger partial charge in [0.1, 0.15) is 0 Å². The van der Waals surface area contributed by atoms with Gasteiger partial charge in [-0.2, -0.15) is 0 Å². The SMILES string of the molecule is Clc1ccc(CCCC(CCc2c[nH]cn2)OC(CCCc2ccc(Cl)cc2)CCc2c[nH]cn2)cc1. The third kappa shape index (κ3) is 9.99. The Morgan fingerprint density at radius 1 is 0.595 bits per heavy atom. The van der Waals surface area contributed by atoms with Crippen LogP contribution in [-0.2, 0) is 30.4 Å². The molecule has 2 aromatic heterocycles. The zero-order chi connectivity index (χ0) is 25.7. The van der Waals surface area contributed by atoms with Crippen LogP contribution in [0.1, 0.15) is 61.0 Å². The summed E-state index contributed by atoms with van der Waals surface area (Å²) in [5, 5.41) is 1.56. The van der Waals surface area contributed by atoms with E-state index in [2.05, 4.69) is 44.2 Å². The third-order valence-electron chi connectivity index (χ3n) is 6.75. The molecular formula is C30H36Cl2N4O. The van der Waals surface area contributed by atoms with Crippen molar-refractivity contribution in [3.8, 4) is 0 Å². The molecule has 2 unspecified atom stereocenters. The van der Waals surface area contributed by atoms with Crippen molar-refractivity contribution in [1.82, 2.24) is 19.9 Å². The van der Waals surface area contributed by atoms with Crippen LogP contribution in [-0.4, -0.2) is 32.1 Å². The molecule has 0 amide bonds. The van der Waals surface area contributed by atoms with E-state index in [1.54, 1.807) is 12.7 Å². The molecule has 0 aliphatic carbocycles. The smallest absolute Gasteiger partial charge is 0.0923 e. The van der Waals surface area contributed by atoms with Crippen molar-refractivity contribution in [3.05, 3.63) is 106 Å². The minimum Gasteiger partial charge on any atom is -0.375 e. The van der Waals surface area contributed by atoms with Crippen LogP contribution in [0.2, 0.25) is 10.0 Å². The highest BCUT2D eigenvalue weighted by molar-refractivity contribution is 6.30. The molecule has 0 saturated heterocycles. The van der Waals surface area contributed by atoms with Crippen molar-refractivity contribution in [2.24, 2.45) is 0 Å². The number of aromatic amines is 2. The molecular weight excluding hydrogens is 503 g/mol. The van der Waals surface area contributed by atoms with Gasteiger partial charge in [-0.1, -0.05) is 47.5 Å². The van der Waals surface area contributed by atoms with Crippen LogP contribution in [0.4, 0.5) is 0 Å². The number of halogens is 2. The zero-order valence-corrected chi connectivity index (χ0v) is 22.7. The van der Waals surface area contributed by atoms with Crippen LogP contribution in [0, 0.1) is 0 Å². The lowest BCUT2D eigenvalue weighted by molar-refractivity contribution is -0.0295. The van der Waals surface area contributed by atoms with E-state index in [0.29, 0.717) is 0 Å². The first-order chi connectivity index (χ1) is 18.1. The number of hydrogen-bond donors (Lipinski definition) is 2. The van der Waals surface area contributed by atoms with Crippen LogP contribution >= 0.6 is 23.2 Å². The quantitative estimate of drug-likeness (QED) is 0.153. The Hall–Kier alpha value is -2.60. The summed E-state index contributed by atoms with van der Waals surface area (Å²) in [5.74, 6) is 0. The molecule has 2 N–H and O–H groups in total. The lowest BCUT2D eigenvalue weighted by Crippen LogP contribution is -2.24. The number of aromatic nitrogens is 4. The van der Waals surface area contributed by atoms with E-state index in [0.717, 1.165) is 85.6 Å². The predicted octanol–water partition coefficient (Wildman–Crippen LogP) is 7.80. The molecule has 2 aromatic carbocycles. The summed E-state index contributed by atoms with van der Waals surface area (Å²) in [6, 6.07) is 16.3. The van der Waals surface area contributed by atoms with E-state index in [1.807, 2.05) is 36.7 Å². The second kappa shape index (κ2) is 15.0. The number of aryl methyl sites for hydroxylation is 4. The number of rotatable bonds is 16. The standard InChI is InChI=1S/C30H36Cl2N4O/c31-25-11-7-23(8-12-25)3-1-5-29(17-15-27-19-33-21-35-27)37-30(18-16-28-20-34-22-36-28)6-2-4-24-9-13-26(32)14-10-24/h7-14,19-22,29-30H,1-6,15-18H2,(H,33,35)(H,34,36). The van der Waals surface area contributed by atoms with Crippen molar-refractivity contribution in [3.63, 3.8) is 0 Å². The lowest BCUT2D eigenvalue weighted by atomic mass is 10.00. The number of imidazole rings is 2. The molecule has 2 heterocycles. The highest BCUT2D eigenvalue weighted by atomic mass is 35.5. The fourth-order valence-electron chi connectivity index (χ4n) is 4.68. The number of hydrogen-bond acceptors (Lipinski definition) is 3.